The third-order valence-electron chi connectivity index (χ3n) is 1.73. The van der Waals surface area contributed by atoms with Crippen LogP contribution in [0.5, 0.6) is 0 Å². The lowest BCUT2D eigenvalue weighted by molar-refractivity contribution is 1.34. The first-order valence-corrected chi connectivity index (χ1v) is 5.69. The minimum Gasteiger partial charge on any atom is -0.345 e. The lowest BCUT2D eigenvalue weighted by Gasteiger charge is -1.98. The summed E-state index contributed by atoms with van der Waals surface area (Å²) in [6.45, 7) is 0. The molecule has 0 amide bonds. The van der Waals surface area contributed by atoms with Crippen LogP contribution >= 0.6 is 38.5 Å². The first kappa shape index (κ1) is 8.50. The van der Waals surface area contributed by atoms with E-state index in [1.807, 2.05) is 0 Å². The van der Waals surface area contributed by atoms with Crippen LogP contribution in [0.25, 0.3) is 11.0 Å². The normalized spacial score (nSPS) is 10.8. The van der Waals surface area contributed by atoms with Crippen LogP contribution in [0.4, 0.5) is 0 Å². The van der Waals surface area contributed by atoms with Crippen LogP contribution in [0.15, 0.2) is 18.5 Å². The molecule has 1 aromatic heterocycles. The van der Waals surface area contributed by atoms with Crippen molar-refractivity contribution < 1.29 is 0 Å². The Morgan fingerprint density at radius 1 is 1.50 bits per heavy atom. The minimum absolute atomic E-state index is 0.889. The molecular formula is C8H6BrIN2. The molecule has 4 heteroatoms. The highest BCUT2D eigenvalue weighted by atomic mass is 127. The van der Waals surface area contributed by atoms with Gasteiger partial charge in [-0.25, -0.2) is 4.98 Å². The van der Waals surface area contributed by atoms with Crippen LogP contribution in [0.3, 0.4) is 0 Å². The van der Waals surface area contributed by atoms with Gasteiger partial charge in [-0.1, -0.05) is 15.9 Å². The van der Waals surface area contributed by atoms with Crippen LogP contribution in [0.2, 0.25) is 0 Å². The van der Waals surface area contributed by atoms with Crippen molar-refractivity contribution in [2.75, 3.05) is 0 Å². The van der Waals surface area contributed by atoms with Crippen molar-refractivity contribution in [2.45, 2.75) is 5.33 Å². The highest BCUT2D eigenvalue weighted by Crippen LogP contribution is 2.20. The van der Waals surface area contributed by atoms with Gasteiger partial charge in [0.05, 0.1) is 17.4 Å². The van der Waals surface area contributed by atoms with Crippen LogP contribution in [-0.2, 0) is 5.33 Å². The van der Waals surface area contributed by atoms with E-state index >= 15 is 0 Å². The Morgan fingerprint density at radius 2 is 2.33 bits per heavy atom. The summed E-state index contributed by atoms with van der Waals surface area (Å²) in [6.07, 6.45) is 1.72. The molecule has 2 rings (SSSR count). The number of aromatic amines is 1. The molecule has 0 fully saturated rings. The lowest BCUT2D eigenvalue weighted by Crippen LogP contribution is -1.83. The fourth-order valence-electron chi connectivity index (χ4n) is 1.10. The van der Waals surface area contributed by atoms with Gasteiger partial charge in [-0.2, -0.15) is 0 Å². The van der Waals surface area contributed by atoms with Crippen molar-refractivity contribution in [3.05, 3.63) is 27.6 Å². The number of hydrogen-bond acceptors (Lipinski definition) is 1. The molecule has 0 spiro atoms. The zero-order valence-corrected chi connectivity index (χ0v) is 9.89. The van der Waals surface area contributed by atoms with Gasteiger partial charge in [0.15, 0.2) is 0 Å². The number of nitrogens with one attached hydrogen (secondary N) is 1. The van der Waals surface area contributed by atoms with Crippen molar-refractivity contribution >= 4 is 49.6 Å². The topological polar surface area (TPSA) is 28.7 Å². The summed E-state index contributed by atoms with van der Waals surface area (Å²) < 4.78 is 1.25. The number of H-pyrrole nitrogens is 1. The molecule has 0 radical (unpaired) electrons. The number of rotatable bonds is 1. The standard InChI is InChI=1S/C8H6BrIN2/c9-3-5-1-7-8(2-6(5)10)12-4-11-7/h1-2,4H,3H2,(H,11,12). The highest BCUT2D eigenvalue weighted by molar-refractivity contribution is 14.1. The van der Waals surface area contributed by atoms with E-state index in [4.69, 9.17) is 0 Å². The smallest absolute Gasteiger partial charge is 0.0931 e. The van der Waals surface area contributed by atoms with E-state index in [1.54, 1.807) is 6.33 Å². The molecule has 0 saturated heterocycles. The van der Waals surface area contributed by atoms with Crippen LogP contribution < -0.4 is 0 Å². The Balaban J connectivity index is 2.73. The fraction of sp³-hybridized carbons (Fsp3) is 0.125. The number of imidazole rings is 1. The third kappa shape index (κ3) is 1.37. The second kappa shape index (κ2) is 3.33. The summed E-state index contributed by atoms with van der Waals surface area (Å²) in [5.74, 6) is 0. The monoisotopic (exact) mass is 336 g/mol. The summed E-state index contributed by atoms with van der Waals surface area (Å²) in [5.41, 5.74) is 3.43. The summed E-state index contributed by atoms with van der Waals surface area (Å²) >= 11 is 5.77. The number of halogens is 2. The molecule has 2 nitrogen and oxygen atoms in total. The van der Waals surface area contributed by atoms with Gasteiger partial charge in [0.1, 0.15) is 0 Å². The summed E-state index contributed by atoms with van der Waals surface area (Å²) in [5, 5.41) is 0.889. The molecule has 0 atom stereocenters. The van der Waals surface area contributed by atoms with E-state index < -0.39 is 0 Å². The van der Waals surface area contributed by atoms with E-state index in [0.717, 1.165) is 16.4 Å². The van der Waals surface area contributed by atoms with E-state index in [0.29, 0.717) is 0 Å². The van der Waals surface area contributed by atoms with Gasteiger partial charge >= 0.3 is 0 Å². The summed E-state index contributed by atoms with van der Waals surface area (Å²) in [6, 6.07) is 4.21. The molecule has 12 heavy (non-hydrogen) atoms. The lowest BCUT2D eigenvalue weighted by atomic mass is 10.2. The first-order chi connectivity index (χ1) is 5.81. The molecule has 0 aliphatic heterocycles. The van der Waals surface area contributed by atoms with E-state index in [1.165, 1.54) is 9.13 Å². The maximum absolute atomic E-state index is 4.18. The molecule has 1 heterocycles. The van der Waals surface area contributed by atoms with Gasteiger partial charge in [-0.3, -0.25) is 0 Å². The second-order valence-corrected chi connectivity index (χ2v) is 4.22. The van der Waals surface area contributed by atoms with Gasteiger partial charge in [-0.15, -0.1) is 0 Å². The maximum atomic E-state index is 4.18. The Bertz CT molecular complexity index is 410. The average molecular weight is 337 g/mol. The van der Waals surface area contributed by atoms with Gasteiger partial charge in [-0.05, 0) is 40.3 Å². The van der Waals surface area contributed by atoms with Gasteiger partial charge in [0.25, 0.3) is 0 Å². The van der Waals surface area contributed by atoms with Crippen molar-refractivity contribution in [2.24, 2.45) is 0 Å². The molecule has 0 saturated carbocycles. The first-order valence-electron chi connectivity index (χ1n) is 3.48. The highest BCUT2D eigenvalue weighted by Gasteiger charge is 2.02. The third-order valence-corrected chi connectivity index (χ3v) is 3.34. The largest absolute Gasteiger partial charge is 0.345 e. The minimum atomic E-state index is 0.889. The van der Waals surface area contributed by atoms with Crippen LogP contribution in [0.1, 0.15) is 5.56 Å². The Labute approximate surface area is 92.0 Å². The van der Waals surface area contributed by atoms with Gasteiger partial charge < -0.3 is 4.98 Å². The Hall–Kier alpha value is -0.100. The van der Waals surface area contributed by atoms with Gasteiger partial charge in [0.2, 0.25) is 0 Å². The zero-order valence-electron chi connectivity index (χ0n) is 6.14. The maximum Gasteiger partial charge on any atom is 0.0931 e. The SMILES string of the molecule is BrCc1cc2[nH]cnc2cc1I. The predicted molar refractivity (Wildman–Crippen MR) is 61.4 cm³/mol. The summed E-state index contributed by atoms with van der Waals surface area (Å²) in [7, 11) is 0. The molecule has 0 aliphatic rings. The quantitative estimate of drug-likeness (QED) is 0.629. The number of nitrogens with zero attached hydrogens (tertiary/aromatic N) is 1. The number of benzene rings is 1. The number of fused-ring (bicyclic) bond motifs is 1. The van der Waals surface area contributed by atoms with E-state index in [-0.39, 0.29) is 0 Å². The average Bonchev–Trinajstić information content (AvgIpc) is 2.49. The molecule has 1 aromatic carbocycles. The molecular weight excluding hydrogens is 331 g/mol. The second-order valence-electron chi connectivity index (χ2n) is 2.50. The summed E-state index contributed by atoms with van der Waals surface area (Å²) in [4.78, 5) is 7.27. The Morgan fingerprint density at radius 3 is 3.08 bits per heavy atom. The molecule has 0 unspecified atom stereocenters. The predicted octanol–water partition coefficient (Wildman–Crippen LogP) is 3.06. The van der Waals surface area contributed by atoms with Crippen molar-refractivity contribution in [1.82, 2.24) is 9.97 Å². The molecule has 1 N–H and O–H groups in total. The van der Waals surface area contributed by atoms with E-state index in [2.05, 4.69) is 60.6 Å². The zero-order chi connectivity index (χ0) is 8.55. The van der Waals surface area contributed by atoms with Crippen LogP contribution in [-0.4, -0.2) is 9.97 Å². The van der Waals surface area contributed by atoms with E-state index in [9.17, 15) is 0 Å². The van der Waals surface area contributed by atoms with Crippen LogP contribution in [0, 0.1) is 3.57 Å². The molecule has 62 valence electrons. The molecule has 0 bridgehead atoms. The fourth-order valence-corrected chi connectivity index (χ4v) is 2.73. The number of hydrogen-bond donors (Lipinski definition) is 1. The van der Waals surface area contributed by atoms with Crippen molar-refractivity contribution in [1.29, 1.82) is 0 Å². The Kier molecular flexibility index (Phi) is 2.36. The molecule has 2 aromatic rings. The number of aromatic nitrogens is 2. The molecule has 0 aliphatic carbocycles. The van der Waals surface area contributed by atoms with Crippen molar-refractivity contribution in [3.8, 4) is 0 Å². The van der Waals surface area contributed by atoms with Gasteiger partial charge in [0, 0.05) is 8.90 Å². The number of alkyl halides is 1. The van der Waals surface area contributed by atoms with Crippen molar-refractivity contribution in [3.63, 3.8) is 0 Å².